The molecular weight excluding hydrogens is 344 g/mol. The summed E-state index contributed by atoms with van der Waals surface area (Å²) in [7, 11) is 0. The Morgan fingerprint density at radius 1 is 1.33 bits per heavy atom. The molecule has 0 saturated carbocycles. The fraction of sp³-hybridized carbons (Fsp3) is 0.400. The molecule has 2 heterocycles. The highest BCUT2D eigenvalue weighted by atomic mass is 16.6. The van der Waals surface area contributed by atoms with Crippen molar-refractivity contribution in [1.29, 1.82) is 0 Å². The molecule has 0 radical (unpaired) electrons. The lowest BCUT2D eigenvalue weighted by Crippen LogP contribution is -2.46. The maximum Gasteiger partial charge on any atom is 0.410 e. The van der Waals surface area contributed by atoms with Gasteiger partial charge in [0.15, 0.2) is 0 Å². The number of ether oxygens (including phenoxy) is 1. The number of hydrogen-bond donors (Lipinski definition) is 1. The first-order chi connectivity index (χ1) is 12.8. The Balaban J connectivity index is 1.62. The van der Waals surface area contributed by atoms with Gasteiger partial charge in [-0.25, -0.2) is 10.2 Å². The summed E-state index contributed by atoms with van der Waals surface area (Å²) in [5, 5.41) is 5.04. The number of rotatable bonds is 3. The van der Waals surface area contributed by atoms with E-state index >= 15 is 0 Å². The van der Waals surface area contributed by atoms with Crippen LogP contribution < -0.4 is 5.43 Å². The first-order valence-electron chi connectivity index (χ1n) is 9.01. The van der Waals surface area contributed by atoms with Crippen LogP contribution in [0.1, 0.15) is 39.2 Å². The number of hydrogen-bond acceptors (Lipinski definition) is 5. The normalized spacial score (nSPS) is 17.4. The first kappa shape index (κ1) is 18.8. The summed E-state index contributed by atoms with van der Waals surface area (Å²) in [6.07, 6.45) is 4.22. The van der Waals surface area contributed by atoms with Crippen LogP contribution in [0.4, 0.5) is 4.79 Å². The first-order valence-corrected chi connectivity index (χ1v) is 9.01. The second-order valence-electron chi connectivity index (χ2n) is 7.52. The van der Waals surface area contributed by atoms with Gasteiger partial charge in [-0.05, 0) is 57.4 Å². The second kappa shape index (κ2) is 7.73. The van der Waals surface area contributed by atoms with E-state index in [4.69, 9.17) is 4.74 Å². The average molecular weight is 368 g/mol. The van der Waals surface area contributed by atoms with Crippen LogP contribution in [0, 0.1) is 0 Å². The summed E-state index contributed by atoms with van der Waals surface area (Å²) in [4.78, 5) is 30.5. The minimum absolute atomic E-state index is 0.308. The van der Waals surface area contributed by atoms with E-state index in [1.54, 1.807) is 33.2 Å². The molecule has 2 amide bonds. The minimum Gasteiger partial charge on any atom is -0.444 e. The minimum atomic E-state index is -0.593. The predicted molar refractivity (Wildman–Crippen MR) is 103 cm³/mol. The van der Waals surface area contributed by atoms with E-state index in [1.807, 2.05) is 30.3 Å². The van der Waals surface area contributed by atoms with E-state index in [0.717, 1.165) is 22.9 Å². The van der Waals surface area contributed by atoms with Gasteiger partial charge in [-0.2, -0.15) is 5.10 Å². The monoisotopic (exact) mass is 368 g/mol. The Kier molecular flexibility index (Phi) is 5.39. The zero-order valence-electron chi connectivity index (χ0n) is 15.8. The number of nitrogens with one attached hydrogen (secondary N) is 1. The molecule has 1 fully saturated rings. The van der Waals surface area contributed by atoms with Crippen molar-refractivity contribution in [3.05, 3.63) is 42.1 Å². The quantitative estimate of drug-likeness (QED) is 0.666. The molecule has 7 heteroatoms. The number of nitrogens with zero attached hydrogens (tertiary/aromatic N) is 3. The number of likely N-dealkylation sites (tertiary alicyclic amines) is 1. The molecule has 2 aromatic rings. The average Bonchev–Trinajstić information content (AvgIpc) is 3.10. The van der Waals surface area contributed by atoms with Gasteiger partial charge in [0.25, 0.3) is 5.91 Å². The van der Waals surface area contributed by atoms with E-state index in [9.17, 15) is 9.59 Å². The van der Waals surface area contributed by atoms with Crippen molar-refractivity contribution in [3.63, 3.8) is 0 Å². The van der Waals surface area contributed by atoms with Crippen LogP contribution in [0.2, 0.25) is 0 Å². The number of carbonyl (C=O) groups is 2. The van der Waals surface area contributed by atoms with Gasteiger partial charge in [-0.15, -0.1) is 0 Å². The summed E-state index contributed by atoms with van der Waals surface area (Å²) in [5.74, 6) is -0.308. The Labute approximate surface area is 158 Å². The number of hydrazone groups is 1. The maximum absolute atomic E-state index is 12.4. The van der Waals surface area contributed by atoms with Gasteiger partial charge in [0.2, 0.25) is 0 Å². The molecule has 1 aliphatic heterocycles. The van der Waals surface area contributed by atoms with Gasteiger partial charge in [0.05, 0.1) is 11.7 Å². The van der Waals surface area contributed by atoms with E-state index in [2.05, 4.69) is 15.5 Å². The molecule has 0 spiro atoms. The Hall–Kier alpha value is -2.96. The number of fused-ring (bicyclic) bond motifs is 1. The highest BCUT2D eigenvalue weighted by molar-refractivity contribution is 5.90. The zero-order chi connectivity index (χ0) is 19.4. The predicted octanol–water partition coefficient (Wildman–Crippen LogP) is 3.08. The van der Waals surface area contributed by atoms with E-state index in [1.165, 1.54) is 4.90 Å². The van der Waals surface area contributed by atoms with Crippen molar-refractivity contribution in [2.75, 3.05) is 6.54 Å². The fourth-order valence-electron chi connectivity index (χ4n) is 3.00. The maximum atomic E-state index is 12.4. The molecule has 0 aliphatic carbocycles. The third kappa shape index (κ3) is 4.81. The Morgan fingerprint density at radius 2 is 2.15 bits per heavy atom. The van der Waals surface area contributed by atoms with E-state index in [-0.39, 0.29) is 5.91 Å². The molecule has 3 rings (SSSR count). The molecule has 1 N–H and O–H groups in total. The van der Waals surface area contributed by atoms with Gasteiger partial charge < -0.3 is 4.74 Å². The molecule has 1 aliphatic rings. The lowest BCUT2D eigenvalue weighted by molar-refractivity contribution is -0.125. The van der Waals surface area contributed by atoms with Crippen molar-refractivity contribution < 1.29 is 14.3 Å². The summed E-state index contributed by atoms with van der Waals surface area (Å²) in [6, 6.07) is 9.01. The standard InChI is InChI=1S/C20H24N4O3/c1-20(2,3)27-19(26)24-11-5-7-17(24)18(25)23-22-13-14-8-9-16-15(12-14)6-4-10-21-16/h4,6,8-10,12-13,17H,5,7,11H2,1-3H3,(H,23,25)/b22-13-/t17-/m1/s1. The van der Waals surface area contributed by atoms with Gasteiger partial charge in [-0.1, -0.05) is 12.1 Å². The van der Waals surface area contributed by atoms with E-state index in [0.29, 0.717) is 13.0 Å². The second-order valence-corrected chi connectivity index (χ2v) is 7.52. The number of pyridine rings is 1. The number of benzene rings is 1. The molecule has 0 unspecified atom stereocenters. The van der Waals surface area contributed by atoms with Gasteiger partial charge in [0.1, 0.15) is 11.6 Å². The number of amides is 2. The molecule has 7 nitrogen and oxygen atoms in total. The van der Waals surface area contributed by atoms with Crippen molar-refractivity contribution in [2.24, 2.45) is 5.10 Å². The van der Waals surface area contributed by atoms with Crippen LogP contribution in [0.5, 0.6) is 0 Å². The molecule has 142 valence electrons. The van der Waals surface area contributed by atoms with E-state index < -0.39 is 17.7 Å². The van der Waals surface area contributed by atoms with Crippen LogP contribution in [0.15, 0.2) is 41.6 Å². The largest absolute Gasteiger partial charge is 0.444 e. The SMILES string of the molecule is CC(C)(C)OC(=O)N1CCC[C@@H]1C(=O)N/N=C\c1ccc2ncccc2c1. The topological polar surface area (TPSA) is 83.9 Å². The summed E-state index contributed by atoms with van der Waals surface area (Å²) in [5.41, 5.74) is 3.69. The highest BCUT2D eigenvalue weighted by Gasteiger charge is 2.36. The molecule has 1 saturated heterocycles. The van der Waals surface area contributed by atoms with Crippen molar-refractivity contribution in [1.82, 2.24) is 15.3 Å². The number of aromatic nitrogens is 1. The molecule has 1 aromatic heterocycles. The van der Waals surface area contributed by atoms with Crippen LogP contribution in [-0.4, -0.2) is 46.3 Å². The fourth-order valence-corrected chi connectivity index (χ4v) is 3.00. The Morgan fingerprint density at radius 3 is 2.93 bits per heavy atom. The lowest BCUT2D eigenvalue weighted by atomic mass is 10.1. The van der Waals surface area contributed by atoms with Crippen LogP contribution in [-0.2, 0) is 9.53 Å². The lowest BCUT2D eigenvalue weighted by Gasteiger charge is -2.27. The van der Waals surface area contributed by atoms with Gasteiger partial charge in [-0.3, -0.25) is 14.7 Å². The summed E-state index contributed by atoms with van der Waals surface area (Å²) in [6.45, 7) is 5.92. The molecule has 0 bridgehead atoms. The van der Waals surface area contributed by atoms with Crippen molar-refractivity contribution in [3.8, 4) is 0 Å². The highest BCUT2D eigenvalue weighted by Crippen LogP contribution is 2.21. The molecule has 1 atom stereocenters. The third-order valence-electron chi connectivity index (χ3n) is 4.20. The molecule has 27 heavy (non-hydrogen) atoms. The van der Waals surface area contributed by atoms with Crippen LogP contribution in [0.25, 0.3) is 10.9 Å². The van der Waals surface area contributed by atoms with Gasteiger partial charge in [0, 0.05) is 18.1 Å². The summed E-state index contributed by atoms with van der Waals surface area (Å²) >= 11 is 0. The molecule has 1 aromatic carbocycles. The van der Waals surface area contributed by atoms with Crippen LogP contribution in [0.3, 0.4) is 0 Å². The third-order valence-corrected chi connectivity index (χ3v) is 4.20. The summed E-state index contributed by atoms with van der Waals surface area (Å²) < 4.78 is 5.38. The molecular formula is C20H24N4O3. The van der Waals surface area contributed by atoms with Crippen LogP contribution >= 0.6 is 0 Å². The van der Waals surface area contributed by atoms with Crippen molar-refractivity contribution >= 4 is 29.1 Å². The number of carbonyl (C=O) groups excluding carboxylic acids is 2. The zero-order valence-corrected chi connectivity index (χ0v) is 15.8. The van der Waals surface area contributed by atoms with Gasteiger partial charge >= 0.3 is 6.09 Å². The van der Waals surface area contributed by atoms with Crippen molar-refractivity contribution in [2.45, 2.75) is 45.3 Å². The Bertz CT molecular complexity index is 873. The smallest absolute Gasteiger partial charge is 0.410 e.